The predicted octanol–water partition coefficient (Wildman–Crippen LogP) is 9.12. The summed E-state index contributed by atoms with van der Waals surface area (Å²) in [6.45, 7) is 0. The first-order valence-corrected chi connectivity index (χ1v) is 13.8. The summed E-state index contributed by atoms with van der Waals surface area (Å²) in [5, 5.41) is 9.07. The smallest absolute Gasteiger partial charge is 0.118 e. The Bertz CT molecular complexity index is 1990. The van der Waals surface area contributed by atoms with Crippen LogP contribution in [0.25, 0.3) is 43.1 Å². The lowest BCUT2D eigenvalue weighted by Crippen LogP contribution is -1.92. The van der Waals surface area contributed by atoms with Gasteiger partial charge in [0.25, 0.3) is 0 Å². The van der Waals surface area contributed by atoms with Crippen LogP contribution in [0.4, 0.5) is 0 Å². The van der Waals surface area contributed by atoms with Crippen molar-refractivity contribution < 1.29 is 9.47 Å². The SMILES string of the molecule is COc1ccc(C#Cc2c3cc4ccccc4cc3c(C#Cc3ccc(OC)cc3)c3cc4ccccc4cc23)cc1. The number of fused-ring (bicyclic) bond motifs is 4. The third-order valence-electron chi connectivity index (χ3n) is 7.69. The molecule has 0 spiro atoms. The molecule has 2 nitrogen and oxygen atoms in total. The fraction of sp³-hybridized carbons (Fsp3) is 0.0500. The number of benzene rings is 7. The average molecular weight is 539 g/mol. The highest BCUT2D eigenvalue weighted by atomic mass is 16.5. The Morgan fingerprint density at radius 1 is 0.381 bits per heavy atom. The van der Waals surface area contributed by atoms with Gasteiger partial charge in [-0.05, 0) is 116 Å². The van der Waals surface area contributed by atoms with Gasteiger partial charge in [0.15, 0.2) is 0 Å². The van der Waals surface area contributed by atoms with Crippen LogP contribution in [0, 0.1) is 23.7 Å². The van der Waals surface area contributed by atoms with E-state index in [4.69, 9.17) is 9.47 Å². The van der Waals surface area contributed by atoms with Crippen LogP contribution in [0.5, 0.6) is 11.5 Å². The van der Waals surface area contributed by atoms with Gasteiger partial charge in [0.2, 0.25) is 0 Å². The van der Waals surface area contributed by atoms with Crippen LogP contribution in [-0.2, 0) is 0 Å². The van der Waals surface area contributed by atoms with Crippen LogP contribution in [0.15, 0.2) is 121 Å². The molecule has 0 atom stereocenters. The van der Waals surface area contributed by atoms with Crippen LogP contribution >= 0.6 is 0 Å². The molecule has 7 rings (SSSR count). The van der Waals surface area contributed by atoms with E-state index in [0.717, 1.165) is 55.3 Å². The van der Waals surface area contributed by atoms with E-state index in [2.05, 4.69) is 96.5 Å². The van der Waals surface area contributed by atoms with E-state index < -0.39 is 0 Å². The third kappa shape index (κ3) is 4.66. The summed E-state index contributed by atoms with van der Waals surface area (Å²) in [7, 11) is 3.35. The summed E-state index contributed by atoms with van der Waals surface area (Å²) in [6.07, 6.45) is 0. The third-order valence-corrected chi connectivity index (χ3v) is 7.69. The van der Waals surface area contributed by atoms with Gasteiger partial charge in [0.1, 0.15) is 11.5 Å². The van der Waals surface area contributed by atoms with Crippen molar-refractivity contribution in [3.05, 3.63) is 144 Å². The van der Waals surface area contributed by atoms with Gasteiger partial charge >= 0.3 is 0 Å². The van der Waals surface area contributed by atoms with Crippen molar-refractivity contribution in [1.29, 1.82) is 0 Å². The molecule has 7 aromatic rings. The van der Waals surface area contributed by atoms with Crippen LogP contribution in [0.1, 0.15) is 22.3 Å². The van der Waals surface area contributed by atoms with Crippen molar-refractivity contribution in [1.82, 2.24) is 0 Å². The van der Waals surface area contributed by atoms with Gasteiger partial charge < -0.3 is 9.47 Å². The minimum Gasteiger partial charge on any atom is -0.497 e. The molecule has 0 amide bonds. The number of rotatable bonds is 2. The van der Waals surface area contributed by atoms with Crippen molar-refractivity contribution >= 4 is 43.1 Å². The molecule has 0 aliphatic heterocycles. The first kappa shape index (κ1) is 25.3. The summed E-state index contributed by atoms with van der Waals surface area (Å²) in [5.74, 6) is 15.6. The van der Waals surface area contributed by atoms with Gasteiger partial charge in [-0.1, -0.05) is 72.2 Å². The summed E-state index contributed by atoms with van der Waals surface area (Å²) in [5.41, 5.74) is 3.87. The van der Waals surface area contributed by atoms with Crippen molar-refractivity contribution in [2.75, 3.05) is 14.2 Å². The number of hydrogen-bond donors (Lipinski definition) is 0. The Morgan fingerprint density at radius 3 is 0.976 bits per heavy atom. The first-order chi connectivity index (χ1) is 20.7. The molecule has 2 heteroatoms. The van der Waals surface area contributed by atoms with Gasteiger partial charge in [-0.2, -0.15) is 0 Å². The zero-order valence-electron chi connectivity index (χ0n) is 23.4. The van der Waals surface area contributed by atoms with Crippen LogP contribution in [0.3, 0.4) is 0 Å². The van der Waals surface area contributed by atoms with E-state index in [1.54, 1.807) is 14.2 Å². The maximum atomic E-state index is 5.34. The maximum Gasteiger partial charge on any atom is 0.118 e. The lowest BCUT2D eigenvalue weighted by molar-refractivity contribution is 0.414. The normalized spacial score (nSPS) is 10.7. The lowest BCUT2D eigenvalue weighted by atomic mass is 9.88. The molecule has 0 bridgehead atoms. The van der Waals surface area contributed by atoms with E-state index in [0.29, 0.717) is 0 Å². The highest BCUT2D eigenvalue weighted by molar-refractivity contribution is 6.16. The number of methoxy groups -OCH3 is 2. The molecule has 0 fully saturated rings. The molecule has 7 aromatic carbocycles. The molecule has 42 heavy (non-hydrogen) atoms. The van der Waals surface area contributed by atoms with Crippen molar-refractivity contribution in [3.8, 4) is 35.2 Å². The standard InChI is InChI=1S/C40H26O2/c1-41-33-17-11-27(12-18-33)15-21-35-37-23-29-7-3-5-9-31(29)25-39(37)36(22-16-28-13-19-34(42-2)20-14-28)40-26-32-10-6-4-8-30(32)24-38(35)40/h3-14,17-20,23-26H,1-2H3. The maximum absolute atomic E-state index is 5.34. The van der Waals surface area contributed by atoms with Crippen molar-refractivity contribution in [2.45, 2.75) is 0 Å². The Kier molecular flexibility index (Phi) is 6.44. The van der Waals surface area contributed by atoms with Crippen LogP contribution in [0.2, 0.25) is 0 Å². The second-order valence-electron chi connectivity index (χ2n) is 10.2. The Hall–Kier alpha value is -5.70. The van der Waals surface area contributed by atoms with E-state index in [1.165, 1.54) is 21.5 Å². The van der Waals surface area contributed by atoms with Gasteiger partial charge in [-0.15, -0.1) is 0 Å². The zero-order chi connectivity index (χ0) is 28.5. The molecule has 0 aliphatic carbocycles. The Labute approximate surface area is 245 Å². The summed E-state index contributed by atoms with van der Waals surface area (Å²) in [4.78, 5) is 0. The lowest BCUT2D eigenvalue weighted by Gasteiger charge is -2.14. The van der Waals surface area contributed by atoms with Crippen molar-refractivity contribution in [2.24, 2.45) is 0 Å². The monoisotopic (exact) mass is 538 g/mol. The Balaban J connectivity index is 1.57. The van der Waals surface area contributed by atoms with Gasteiger partial charge in [0.05, 0.1) is 14.2 Å². The summed E-state index contributed by atoms with van der Waals surface area (Å²) in [6, 6.07) is 41.7. The number of hydrogen-bond acceptors (Lipinski definition) is 2. The molecule has 0 saturated carbocycles. The average Bonchev–Trinajstić information content (AvgIpc) is 3.05. The molecular formula is C40H26O2. The van der Waals surface area contributed by atoms with Gasteiger partial charge in [-0.25, -0.2) is 0 Å². The second-order valence-corrected chi connectivity index (χ2v) is 10.2. The minimum absolute atomic E-state index is 0.814. The Morgan fingerprint density at radius 2 is 0.690 bits per heavy atom. The highest BCUT2D eigenvalue weighted by Crippen LogP contribution is 2.37. The molecule has 198 valence electrons. The number of ether oxygens (including phenoxy) is 2. The fourth-order valence-electron chi connectivity index (χ4n) is 5.49. The summed E-state index contributed by atoms with van der Waals surface area (Å²) >= 11 is 0. The quantitative estimate of drug-likeness (QED) is 0.161. The minimum atomic E-state index is 0.814. The van der Waals surface area contributed by atoms with E-state index >= 15 is 0 Å². The zero-order valence-corrected chi connectivity index (χ0v) is 23.4. The molecule has 0 radical (unpaired) electrons. The van der Waals surface area contributed by atoms with Crippen LogP contribution in [-0.4, -0.2) is 14.2 Å². The van der Waals surface area contributed by atoms with Crippen LogP contribution < -0.4 is 9.47 Å². The molecule has 0 aromatic heterocycles. The summed E-state index contributed by atoms with van der Waals surface area (Å²) < 4.78 is 10.7. The molecule has 0 heterocycles. The molecule has 0 N–H and O–H groups in total. The van der Waals surface area contributed by atoms with E-state index in [1.807, 2.05) is 48.5 Å². The molecule has 0 unspecified atom stereocenters. The largest absolute Gasteiger partial charge is 0.497 e. The van der Waals surface area contributed by atoms with E-state index in [-0.39, 0.29) is 0 Å². The predicted molar refractivity (Wildman–Crippen MR) is 174 cm³/mol. The van der Waals surface area contributed by atoms with Gasteiger partial charge in [-0.3, -0.25) is 0 Å². The fourth-order valence-corrected chi connectivity index (χ4v) is 5.49. The highest BCUT2D eigenvalue weighted by Gasteiger charge is 2.14. The second kappa shape index (κ2) is 10.7. The topological polar surface area (TPSA) is 18.5 Å². The van der Waals surface area contributed by atoms with E-state index in [9.17, 15) is 0 Å². The first-order valence-electron chi connectivity index (χ1n) is 13.8. The molecule has 0 saturated heterocycles. The van der Waals surface area contributed by atoms with Crippen molar-refractivity contribution in [3.63, 3.8) is 0 Å². The molecule has 0 aliphatic rings. The molecular weight excluding hydrogens is 512 g/mol. The van der Waals surface area contributed by atoms with Gasteiger partial charge in [0, 0.05) is 22.3 Å².